The smallest absolute Gasteiger partial charge is 0.236 e. The highest BCUT2D eigenvalue weighted by molar-refractivity contribution is 5.81. The Bertz CT molecular complexity index is 193. The minimum absolute atomic E-state index is 0.0967. The van der Waals surface area contributed by atoms with Crippen molar-refractivity contribution >= 4 is 5.91 Å². The van der Waals surface area contributed by atoms with E-state index in [0.717, 1.165) is 26.1 Å². The van der Waals surface area contributed by atoms with Gasteiger partial charge >= 0.3 is 0 Å². The molecule has 0 bridgehead atoms. The Kier molecular flexibility index (Phi) is 8.21. The van der Waals surface area contributed by atoms with E-state index < -0.39 is 0 Å². The van der Waals surface area contributed by atoms with Crippen LogP contribution >= 0.6 is 0 Å². The first-order chi connectivity index (χ1) is 7.43. The van der Waals surface area contributed by atoms with Gasteiger partial charge in [-0.1, -0.05) is 13.8 Å². The van der Waals surface area contributed by atoms with Crippen molar-refractivity contribution in [1.29, 1.82) is 0 Å². The molecule has 96 valence electrons. The predicted molar refractivity (Wildman–Crippen MR) is 68.5 cm³/mol. The molecule has 2 N–H and O–H groups in total. The van der Waals surface area contributed by atoms with Crippen LogP contribution in [0.1, 0.15) is 27.2 Å². The summed E-state index contributed by atoms with van der Waals surface area (Å²) < 4.78 is 0. The zero-order valence-electron chi connectivity index (χ0n) is 11.3. The largest absolute Gasteiger partial charge is 0.355 e. The van der Waals surface area contributed by atoms with E-state index in [1.54, 1.807) is 0 Å². The van der Waals surface area contributed by atoms with Crippen molar-refractivity contribution in [2.24, 2.45) is 5.92 Å². The minimum atomic E-state index is -0.105. The number of carbonyl (C=O) groups is 1. The molecule has 16 heavy (non-hydrogen) atoms. The molecule has 0 aliphatic carbocycles. The first-order valence-corrected chi connectivity index (χ1v) is 6.09. The van der Waals surface area contributed by atoms with Gasteiger partial charge in [-0.3, -0.25) is 4.79 Å². The summed E-state index contributed by atoms with van der Waals surface area (Å²) in [6.45, 7) is 8.78. The highest BCUT2D eigenvalue weighted by atomic mass is 16.2. The van der Waals surface area contributed by atoms with E-state index in [9.17, 15) is 4.79 Å². The summed E-state index contributed by atoms with van der Waals surface area (Å²) in [4.78, 5) is 13.7. The lowest BCUT2D eigenvalue weighted by Crippen LogP contribution is -2.44. The summed E-state index contributed by atoms with van der Waals surface area (Å²) in [5.41, 5.74) is 0. The number of amides is 1. The lowest BCUT2D eigenvalue weighted by molar-refractivity contribution is -0.122. The molecule has 0 heterocycles. The zero-order valence-corrected chi connectivity index (χ0v) is 11.3. The summed E-state index contributed by atoms with van der Waals surface area (Å²) in [6.07, 6.45) is 1.04. The number of hydrogen-bond donors (Lipinski definition) is 2. The second kappa shape index (κ2) is 8.53. The number of likely N-dealkylation sites (N-methyl/N-ethyl adjacent to an activating group) is 1. The van der Waals surface area contributed by atoms with Gasteiger partial charge in [-0.15, -0.1) is 0 Å². The second-order valence-electron chi connectivity index (χ2n) is 4.95. The molecule has 0 spiro atoms. The number of nitrogens with zero attached hydrogens (tertiary/aromatic N) is 1. The molecular formula is C12H27N3O. The van der Waals surface area contributed by atoms with Gasteiger partial charge in [-0.25, -0.2) is 0 Å². The summed E-state index contributed by atoms with van der Waals surface area (Å²) in [5.74, 6) is 0.733. The van der Waals surface area contributed by atoms with Crippen LogP contribution in [0.15, 0.2) is 0 Å². The van der Waals surface area contributed by atoms with Gasteiger partial charge < -0.3 is 15.5 Å². The number of hydrogen-bond acceptors (Lipinski definition) is 3. The van der Waals surface area contributed by atoms with Crippen LogP contribution in [0, 0.1) is 5.92 Å². The monoisotopic (exact) mass is 229 g/mol. The van der Waals surface area contributed by atoms with Crippen LogP contribution in [0.3, 0.4) is 0 Å². The lowest BCUT2D eigenvalue weighted by Gasteiger charge is -2.16. The van der Waals surface area contributed by atoms with Crippen LogP contribution in [0.2, 0.25) is 0 Å². The molecule has 0 aromatic heterocycles. The molecule has 0 aromatic carbocycles. The Morgan fingerprint density at radius 1 is 1.19 bits per heavy atom. The normalized spacial score (nSPS) is 13.2. The molecule has 1 amide bonds. The highest BCUT2D eigenvalue weighted by Gasteiger charge is 2.10. The van der Waals surface area contributed by atoms with Crippen molar-refractivity contribution in [2.75, 3.05) is 33.7 Å². The van der Waals surface area contributed by atoms with E-state index in [0.29, 0.717) is 5.92 Å². The van der Waals surface area contributed by atoms with Gasteiger partial charge in [0.25, 0.3) is 0 Å². The van der Waals surface area contributed by atoms with Gasteiger partial charge in [-0.05, 0) is 33.4 Å². The van der Waals surface area contributed by atoms with Gasteiger partial charge in [0.2, 0.25) is 5.91 Å². The van der Waals surface area contributed by atoms with Crippen LogP contribution in [0.25, 0.3) is 0 Å². The van der Waals surface area contributed by atoms with E-state index in [-0.39, 0.29) is 11.9 Å². The molecule has 0 saturated carbocycles. The standard InChI is InChI=1S/C12H27N3O/c1-10(2)6-7-14-12(16)11(3)13-8-9-15(4)5/h10-11,13H,6-9H2,1-5H3,(H,14,16). The van der Waals surface area contributed by atoms with Crippen molar-refractivity contribution in [3.8, 4) is 0 Å². The Hall–Kier alpha value is -0.610. The molecule has 0 fully saturated rings. The third-order valence-corrected chi connectivity index (χ3v) is 2.42. The Balaban J connectivity index is 3.57. The van der Waals surface area contributed by atoms with Crippen molar-refractivity contribution in [1.82, 2.24) is 15.5 Å². The van der Waals surface area contributed by atoms with Crippen LogP contribution < -0.4 is 10.6 Å². The minimum Gasteiger partial charge on any atom is -0.355 e. The summed E-state index contributed by atoms with van der Waals surface area (Å²) in [7, 11) is 4.05. The molecule has 0 saturated heterocycles. The van der Waals surface area contributed by atoms with Crippen LogP contribution in [-0.2, 0) is 4.79 Å². The van der Waals surface area contributed by atoms with Crippen LogP contribution in [0.5, 0.6) is 0 Å². The fourth-order valence-electron chi connectivity index (χ4n) is 1.23. The van der Waals surface area contributed by atoms with Crippen molar-refractivity contribution in [3.63, 3.8) is 0 Å². The predicted octanol–water partition coefficient (Wildman–Crippen LogP) is 0.688. The fraction of sp³-hybridized carbons (Fsp3) is 0.917. The molecule has 0 aliphatic heterocycles. The summed E-state index contributed by atoms with van der Waals surface area (Å²) >= 11 is 0. The molecule has 0 aromatic rings. The van der Waals surface area contributed by atoms with Gasteiger partial charge in [0, 0.05) is 19.6 Å². The molecule has 0 rings (SSSR count). The van der Waals surface area contributed by atoms with E-state index in [1.165, 1.54) is 0 Å². The number of nitrogens with one attached hydrogen (secondary N) is 2. The maximum Gasteiger partial charge on any atom is 0.236 e. The fourth-order valence-corrected chi connectivity index (χ4v) is 1.23. The van der Waals surface area contributed by atoms with Crippen LogP contribution in [-0.4, -0.2) is 50.6 Å². The Morgan fingerprint density at radius 3 is 2.31 bits per heavy atom. The quantitative estimate of drug-likeness (QED) is 0.643. The first kappa shape index (κ1) is 15.4. The van der Waals surface area contributed by atoms with Crippen molar-refractivity contribution in [2.45, 2.75) is 33.2 Å². The van der Waals surface area contributed by atoms with Gasteiger partial charge in [-0.2, -0.15) is 0 Å². The van der Waals surface area contributed by atoms with Gasteiger partial charge in [0.05, 0.1) is 6.04 Å². The average molecular weight is 229 g/mol. The van der Waals surface area contributed by atoms with Crippen LogP contribution in [0.4, 0.5) is 0 Å². The Labute approximate surface area is 99.8 Å². The van der Waals surface area contributed by atoms with E-state index >= 15 is 0 Å². The first-order valence-electron chi connectivity index (χ1n) is 6.09. The van der Waals surface area contributed by atoms with Crippen molar-refractivity contribution < 1.29 is 4.79 Å². The maximum atomic E-state index is 11.6. The summed E-state index contributed by atoms with van der Waals surface area (Å²) in [6, 6.07) is -0.105. The molecule has 1 atom stereocenters. The molecule has 1 unspecified atom stereocenters. The number of carbonyl (C=O) groups excluding carboxylic acids is 1. The maximum absolute atomic E-state index is 11.6. The summed E-state index contributed by atoms with van der Waals surface area (Å²) in [5, 5.41) is 6.13. The van der Waals surface area contributed by atoms with E-state index in [4.69, 9.17) is 0 Å². The molecular weight excluding hydrogens is 202 g/mol. The molecule has 4 nitrogen and oxygen atoms in total. The third-order valence-electron chi connectivity index (χ3n) is 2.42. The SMILES string of the molecule is CC(C)CCNC(=O)C(C)NCCN(C)C. The Morgan fingerprint density at radius 2 is 1.81 bits per heavy atom. The topological polar surface area (TPSA) is 44.4 Å². The van der Waals surface area contributed by atoms with Gasteiger partial charge in [0.1, 0.15) is 0 Å². The van der Waals surface area contributed by atoms with E-state index in [1.807, 2.05) is 21.0 Å². The molecule has 0 aliphatic rings. The van der Waals surface area contributed by atoms with Gasteiger partial charge in [0.15, 0.2) is 0 Å². The third kappa shape index (κ3) is 8.68. The molecule has 4 heteroatoms. The zero-order chi connectivity index (χ0) is 12.6. The molecule has 0 radical (unpaired) electrons. The second-order valence-corrected chi connectivity index (χ2v) is 4.95. The number of rotatable bonds is 8. The van der Waals surface area contributed by atoms with Crippen molar-refractivity contribution in [3.05, 3.63) is 0 Å². The highest BCUT2D eigenvalue weighted by Crippen LogP contribution is 1.96. The average Bonchev–Trinajstić information content (AvgIpc) is 2.16. The van der Waals surface area contributed by atoms with E-state index in [2.05, 4.69) is 29.4 Å². The lowest BCUT2D eigenvalue weighted by atomic mass is 10.1.